The van der Waals surface area contributed by atoms with E-state index < -0.39 is 0 Å². The van der Waals surface area contributed by atoms with Gasteiger partial charge < -0.3 is 14.2 Å². The van der Waals surface area contributed by atoms with Gasteiger partial charge in [0, 0.05) is 31.6 Å². The molecule has 1 aromatic carbocycles. The van der Waals surface area contributed by atoms with E-state index in [2.05, 4.69) is 33.0 Å². The predicted octanol–water partition coefficient (Wildman–Crippen LogP) is 3.55. The summed E-state index contributed by atoms with van der Waals surface area (Å²) in [6.45, 7) is 2.84. The number of nitrogens with zero attached hydrogens (tertiary/aromatic N) is 3. The molecule has 3 heterocycles. The minimum Gasteiger partial charge on any atom is -0.444 e. The van der Waals surface area contributed by atoms with Crippen LogP contribution >= 0.6 is 15.9 Å². The lowest BCUT2D eigenvalue weighted by Gasteiger charge is -2.35. The molecular formula is C18H16BrN3O2. The summed E-state index contributed by atoms with van der Waals surface area (Å²) >= 11 is 3.23. The smallest absolute Gasteiger partial charge is 0.289 e. The van der Waals surface area contributed by atoms with Gasteiger partial charge in [-0.2, -0.15) is 0 Å². The molecule has 6 heteroatoms. The summed E-state index contributed by atoms with van der Waals surface area (Å²) in [5.74, 6) is 1.27. The second-order valence-corrected chi connectivity index (χ2v) is 6.53. The van der Waals surface area contributed by atoms with Gasteiger partial charge in [-0.15, -0.1) is 0 Å². The summed E-state index contributed by atoms with van der Waals surface area (Å²) in [7, 11) is 0. The van der Waals surface area contributed by atoms with E-state index in [-0.39, 0.29) is 5.91 Å². The Labute approximate surface area is 148 Å². The normalized spacial score (nSPS) is 15.0. The number of halogens is 1. The molecule has 3 aromatic rings. The number of piperazine rings is 1. The number of carbonyl (C=O) groups is 1. The van der Waals surface area contributed by atoms with E-state index in [4.69, 9.17) is 9.40 Å². The fraction of sp³-hybridized carbons (Fsp3) is 0.222. The minimum atomic E-state index is -0.0631. The molecule has 0 radical (unpaired) electrons. The molecule has 5 nitrogen and oxygen atoms in total. The highest BCUT2D eigenvalue weighted by molar-refractivity contribution is 9.10. The third-order valence-electron chi connectivity index (χ3n) is 4.26. The van der Waals surface area contributed by atoms with Gasteiger partial charge in [-0.3, -0.25) is 4.79 Å². The van der Waals surface area contributed by atoms with Crippen LogP contribution < -0.4 is 4.90 Å². The van der Waals surface area contributed by atoms with Crippen LogP contribution in [0.15, 0.2) is 57.6 Å². The number of anilines is 1. The van der Waals surface area contributed by atoms with Crippen molar-refractivity contribution in [3.63, 3.8) is 0 Å². The van der Waals surface area contributed by atoms with Crippen molar-refractivity contribution in [1.82, 2.24) is 9.88 Å². The molecule has 24 heavy (non-hydrogen) atoms. The van der Waals surface area contributed by atoms with Crippen LogP contribution in [0.3, 0.4) is 0 Å². The maximum Gasteiger partial charge on any atom is 0.289 e. The Balaban J connectivity index is 1.46. The SMILES string of the molecule is O=C(c1ccc(Br)o1)N1CCN(c2ccc3ccccc3n2)CC1. The average Bonchev–Trinajstić information content (AvgIpc) is 3.07. The minimum absolute atomic E-state index is 0.0631. The number of hydrogen-bond donors (Lipinski definition) is 0. The fourth-order valence-electron chi connectivity index (χ4n) is 2.96. The Morgan fingerprint density at radius 2 is 1.79 bits per heavy atom. The van der Waals surface area contributed by atoms with E-state index in [9.17, 15) is 4.79 Å². The van der Waals surface area contributed by atoms with Crippen LogP contribution in [0, 0.1) is 0 Å². The Morgan fingerprint density at radius 3 is 2.54 bits per heavy atom. The van der Waals surface area contributed by atoms with E-state index in [0.717, 1.165) is 29.8 Å². The van der Waals surface area contributed by atoms with Crippen LogP contribution in [0.4, 0.5) is 5.82 Å². The van der Waals surface area contributed by atoms with Crippen molar-refractivity contribution in [2.45, 2.75) is 0 Å². The zero-order valence-electron chi connectivity index (χ0n) is 13.0. The number of aromatic nitrogens is 1. The summed E-state index contributed by atoms with van der Waals surface area (Å²) in [4.78, 5) is 21.2. The summed E-state index contributed by atoms with van der Waals surface area (Å²) in [6, 6.07) is 15.7. The first-order valence-electron chi connectivity index (χ1n) is 7.86. The molecule has 0 N–H and O–H groups in total. The van der Waals surface area contributed by atoms with Gasteiger partial charge in [0.2, 0.25) is 0 Å². The van der Waals surface area contributed by atoms with E-state index in [1.54, 1.807) is 12.1 Å². The maximum atomic E-state index is 12.4. The molecule has 0 unspecified atom stereocenters. The molecule has 0 atom stereocenters. The van der Waals surface area contributed by atoms with Crippen LogP contribution in [-0.4, -0.2) is 42.0 Å². The first-order valence-corrected chi connectivity index (χ1v) is 8.65. The fourth-order valence-corrected chi connectivity index (χ4v) is 3.26. The summed E-state index contributed by atoms with van der Waals surface area (Å²) in [5, 5.41) is 1.14. The van der Waals surface area contributed by atoms with Gasteiger partial charge >= 0.3 is 0 Å². The molecular weight excluding hydrogens is 370 g/mol. The van der Waals surface area contributed by atoms with Crippen molar-refractivity contribution in [2.75, 3.05) is 31.1 Å². The van der Waals surface area contributed by atoms with E-state index in [0.29, 0.717) is 23.5 Å². The van der Waals surface area contributed by atoms with Crippen molar-refractivity contribution in [2.24, 2.45) is 0 Å². The van der Waals surface area contributed by atoms with Crippen LogP contribution in [0.5, 0.6) is 0 Å². The molecule has 1 aliphatic heterocycles. The molecule has 0 bridgehead atoms. The lowest BCUT2D eigenvalue weighted by atomic mass is 10.2. The van der Waals surface area contributed by atoms with Crippen molar-refractivity contribution >= 4 is 38.6 Å². The molecule has 122 valence electrons. The molecule has 1 fully saturated rings. The Morgan fingerprint density at radius 1 is 1.00 bits per heavy atom. The monoisotopic (exact) mass is 385 g/mol. The first kappa shape index (κ1) is 15.2. The number of hydrogen-bond acceptors (Lipinski definition) is 4. The van der Waals surface area contributed by atoms with Crippen LogP contribution in [0.1, 0.15) is 10.6 Å². The van der Waals surface area contributed by atoms with Gasteiger partial charge in [-0.25, -0.2) is 4.98 Å². The van der Waals surface area contributed by atoms with Gasteiger partial charge in [-0.05, 0) is 46.3 Å². The zero-order chi connectivity index (χ0) is 16.5. The van der Waals surface area contributed by atoms with Gasteiger partial charge in [-0.1, -0.05) is 18.2 Å². The highest BCUT2D eigenvalue weighted by Gasteiger charge is 2.24. The standard InChI is InChI=1S/C18H16BrN3O2/c19-16-7-6-15(24-16)18(23)22-11-9-21(10-12-22)17-8-5-13-3-1-2-4-14(13)20-17/h1-8H,9-12H2. The highest BCUT2D eigenvalue weighted by Crippen LogP contribution is 2.21. The van der Waals surface area contributed by atoms with Gasteiger partial charge in [0.15, 0.2) is 10.4 Å². The molecule has 1 saturated heterocycles. The number of para-hydroxylation sites is 1. The third kappa shape index (κ3) is 2.89. The maximum absolute atomic E-state index is 12.4. The molecule has 1 aliphatic rings. The zero-order valence-corrected chi connectivity index (χ0v) is 14.6. The quantitative estimate of drug-likeness (QED) is 0.676. The summed E-state index contributed by atoms with van der Waals surface area (Å²) in [6.07, 6.45) is 0. The van der Waals surface area contributed by atoms with Gasteiger partial charge in [0.1, 0.15) is 5.82 Å². The molecule has 0 spiro atoms. The molecule has 0 saturated carbocycles. The predicted molar refractivity (Wildman–Crippen MR) is 96.3 cm³/mol. The molecule has 1 amide bonds. The number of carbonyl (C=O) groups excluding carboxylic acids is 1. The van der Waals surface area contributed by atoms with Crippen LogP contribution in [0.2, 0.25) is 0 Å². The Kier molecular flexibility index (Phi) is 3.98. The van der Waals surface area contributed by atoms with Crippen LogP contribution in [0.25, 0.3) is 10.9 Å². The number of benzene rings is 1. The van der Waals surface area contributed by atoms with Crippen molar-refractivity contribution in [3.8, 4) is 0 Å². The molecule has 2 aromatic heterocycles. The number of rotatable bonds is 2. The largest absolute Gasteiger partial charge is 0.444 e. The van der Waals surface area contributed by atoms with E-state index >= 15 is 0 Å². The second-order valence-electron chi connectivity index (χ2n) is 5.75. The van der Waals surface area contributed by atoms with Crippen molar-refractivity contribution < 1.29 is 9.21 Å². The second kappa shape index (κ2) is 6.28. The van der Waals surface area contributed by atoms with E-state index in [1.807, 2.05) is 29.2 Å². The molecule has 4 rings (SSSR count). The first-order chi connectivity index (χ1) is 11.7. The molecule has 0 aliphatic carbocycles. The lowest BCUT2D eigenvalue weighted by Crippen LogP contribution is -2.49. The van der Waals surface area contributed by atoms with E-state index in [1.165, 1.54) is 0 Å². The summed E-state index contributed by atoms with van der Waals surface area (Å²) in [5.41, 5.74) is 0.994. The van der Waals surface area contributed by atoms with Gasteiger partial charge in [0.25, 0.3) is 5.91 Å². The highest BCUT2D eigenvalue weighted by atomic mass is 79.9. The number of fused-ring (bicyclic) bond motifs is 1. The average molecular weight is 386 g/mol. The van der Waals surface area contributed by atoms with Crippen molar-refractivity contribution in [3.05, 3.63) is 59.0 Å². The number of pyridine rings is 1. The topological polar surface area (TPSA) is 49.6 Å². The third-order valence-corrected chi connectivity index (χ3v) is 4.68. The van der Waals surface area contributed by atoms with Gasteiger partial charge in [0.05, 0.1) is 5.52 Å². The van der Waals surface area contributed by atoms with Crippen molar-refractivity contribution in [1.29, 1.82) is 0 Å². The number of furan rings is 1. The Bertz CT molecular complexity index is 885. The number of amides is 1. The van der Waals surface area contributed by atoms with Crippen LogP contribution in [-0.2, 0) is 0 Å². The summed E-state index contributed by atoms with van der Waals surface area (Å²) < 4.78 is 5.93. The lowest BCUT2D eigenvalue weighted by molar-refractivity contribution is 0.0713. The Hall–Kier alpha value is -2.34.